The van der Waals surface area contributed by atoms with Gasteiger partial charge in [0.2, 0.25) is 0 Å². The highest BCUT2D eigenvalue weighted by Gasteiger charge is 2.14. The second-order valence-electron chi connectivity index (χ2n) is 4.73. The van der Waals surface area contributed by atoms with Crippen LogP contribution in [0.25, 0.3) is 16.9 Å². The fraction of sp³-hybridized carbons (Fsp3) is 0.250. The van der Waals surface area contributed by atoms with Gasteiger partial charge >= 0.3 is 0 Å². The zero-order valence-corrected chi connectivity index (χ0v) is 11.4. The molecule has 0 atom stereocenters. The third kappa shape index (κ3) is 1.91. The van der Waals surface area contributed by atoms with Crippen LogP contribution in [0.4, 0.5) is 0 Å². The molecule has 3 nitrogen and oxygen atoms in total. The third-order valence-electron chi connectivity index (χ3n) is 3.27. The molecule has 0 aliphatic heterocycles. The Morgan fingerprint density at radius 1 is 1.26 bits per heavy atom. The molecule has 3 aromatic rings. The number of imidazole rings is 1. The summed E-state index contributed by atoms with van der Waals surface area (Å²) >= 11 is 0. The Hall–Kier alpha value is -2.16. The predicted molar refractivity (Wildman–Crippen MR) is 76.6 cm³/mol. The first-order valence-electron chi connectivity index (χ1n) is 6.52. The molecule has 3 heteroatoms. The van der Waals surface area contributed by atoms with E-state index in [9.17, 15) is 0 Å². The second kappa shape index (κ2) is 4.50. The zero-order chi connectivity index (χ0) is 13.4. The number of hydrogen-bond acceptors (Lipinski definition) is 2. The number of nitrogens with zero attached hydrogens (tertiary/aromatic N) is 3. The highest BCUT2D eigenvalue weighted by Crippen LogP contribution is 2.23. The molecule has 19 heavy (non-hydrogen) atoms. The fourth-order valence-electron chi connectivity index (χ4n) is 2.44. The normalized spacial score (nSPS) is 11.1. The molecule has 0 saturated heterocycles. The van der Waals surface area contributed by atoms with Crippen LogP contribution in [0.1, 0.15) is 24.0 Å². The summed E-state index contributed by atoms with van der Waals surface area (Å²) in [5.41, 5.74) is 5.20. The minimum atomic E-state index is 0.879. The van der Waals surface area contributed by atoms with Crippen molar-refractivity contribution in [2.75, 3.05) is 0 Å². The minimum Gasteiger partial charge on any atom is -0.281 e. The van der Waals surface area contributed by atoms with E-state index in [1.807, 2.05) is 25.1 Å². The van der Waals surface area contributed by atoms with E-state index < -0.39 is 0 Å². The predicted octanol–water partition coefficient (Wildman–Crippen LogP) is 3.40. The van der Waals surface area contributed by atoms with Crippen LogP contribution in [0.3, 0.4) is 0 Å². The average Bonchev–Trinajstić information content (AvgIpc) is 2.78. The van der Waals surface area contributed by atoms with Gasteiger partial charge in [-0.2, -0.15) is 0 Å². The molecule has 95 valence electrons. The Kier molecular flexibility index (Phi) is 2.82. The lowest BCUT2D eigenvalue weighted by Gasteiger charge is -2.07. The van der Waals surface area contributed by atoms with Gasteiger partial charge in [0.15, 0.2) is 5.65 Å². The quantitative estimate of drug-likeness (QED) is 0.698. The lowest BCUT2D eigenvalue weighted by molar-refractivity contribution is 0.900. The molecule has 0 saturated carbocycles. The Balaban J connectivity index is 2.39. The summed E-state index contributed by atoms with van der Waals surface area (Å²) in [6, 6.07) is 13.1. The Morgan fingerprint density at radius 2 is 2.11 bits per heavy atom. The number of aryl methyl sites for hydroxylation is 3. The molecular formula is C16H16N3. The zero-order valence-electron chi connectivity index (χ0n) is 11.4. The average molecular weight is 250 g/mol. The van der Waals surface area contributed by atoms with Gasteiger partial charge in [-0.1, -0.05) is 19.1 Å². The van der Waals surface area contributed by atoms with Gasteiger partial charge in [0.1, 0.15) is 11.3 Å². The molecule has 0 unspecified atom stereocenters. The summed E-state index contributed by atoms with van der Waals surface area (Å²) in [6.07, 6.45) is 0.879. The largest absolute Gasteiger partial charge is 0.281 e. The van der Waals surface area contributed by atoms with E-state index in [0.29, 0.717) is 0 Å². The molecular weight excluding hydrogens is 234 g/mol. The molecule has 1 aromatic carbocycles. The number of rotatable bonds is 2. The van der Waals surface area contributed by atoms with Crippen molar-refractivity contribution in [1.29, 1.82) is 0 Å². The number of benzene rings is 1. The molecule has 0 N–H and O–H groups in total. The monoisotopic (exact) mass is 250 g/mol. The smallest absolute Gasteiger partial charge is 0.165 e. The van der Waals surface area contributed by atoms with Crippen LogP contribution in [0.2, 0.25) is 0 Å². The molecule has 0 spiro atoms. The Morgan fingerprint density at radius 3 is 2.79 bits per heavy atom. The second-order valence-corrected chi connectivity index (χ2v) is 4.73. The van der Waals surface area contributed by atoms with Crippen molar-refractivity contribution >= 4 is 11.2 Å². The SMILES string of the molecule is CCc1nc2c(C)cc(C)nc2n1-c1c[c]ccc1. The summed E-state index contributed by atoms with van der Waals surface area (Å²) in [5, 5.41) is 0. The van der Waals surface area contributed by atoms with E-state index >= 15 is 0 Å². The van der Waals surface area contributed by atoms with Crippen molar-refractivity contribution in [2.45, 2.75) is 27.2 Å². The van der Waals surface area contributed by atoms with Crippen LogP contribution in [-0.2, 0) is 6.42 Å². The maximum Gasteiger partial charge on any atom is 0.165 e. The van der Waals surface area contributed by atoms with E-state index in [2.05, 4.69) is 41.6 Å². The Bertz CT molecular complexity index is 727. The first-order valence-corrected chi connectivity index (χ1v) is 6.52. The fourth-order valence-corrected chi connectivity index (χ4v) is 2.44. The van der Waals surface area contributed by atoms with Crippen LogP contribution in [0.15, 0.2) is 30.3 Å². The van der Waals surface area contributed by atoms with Crippen molar-refractivity contribution in [1.82, 2.24) is 14.5 Å². The van der Waals surface area contributed by atoms with Gasteiger partial charge in [-0.15, -0.1) is 0 Å². The van der Waals surface area contributed by atoms with Crippen molar-refractivity contribution < 1.29 is 0 Å². The summed E-state index contributed by atoms with van der Waals surface area (Å²) in [4.78, 5) is 9.40. The molecule has 0 bridgehead atoms. The maximum absolute atomic E-state index is 4.73. The van der Waals surface area contributed by atoms with Crippen molar-refractivity contribution in [3.8, 4) is 5.69 Å². The first kappa shape index (κ1) is 11.9. The molecule has 0 aliphatic carbocycles. The first-order chi connectivity index (χ1) is 9.20. The molecule has 0 fully saturated rings. The summed E-state index contributed by atoms with van der Waals surface area (Å²) in [7, 11) is 0. The van der Waals surface area contributed by atoms with Crippen LogP contribution in [0, 0.1) is 19.9 Å². The third-order valence-corrected chi connectivity index (χ3v) is 3.27. The van der Waals surface area contributed by atoms with Crippen LogP contribution in [0.5, 0.6) is 0 Å². The van der Waals surface area contributed by atoms with Gasteiger partial charge in [-0.05, 0) is 43.7 Å². The Labute approximate surface area is 112 Å². The lowest BCUT2D eigenvalue weighted by atomic mass is 10.2. The molecule has 1 radical (unpaired) electrons. The van der Waals surface area contributed by atoms with Gasteiger partial charge in [-0.25, -0.2) is 9.97 Å². The van der Waals surface area contributed by atoms with Crippen molar-refractivity contribution in [2.24, 2.45) is 0 Å². The number of pyridine rings is 1. The summed E-state index contributed by atoms with van der Waals surface area (Å²) < 4.78 is 2.13. The van der Waals surface area contributed by atoms with E-state index in [4.69, 9.17) is 4.98 Å². The van der Waals surface area contributed by atoms with E-state index in [-0.39, 0.29) is 0 Å². The molecule has 2 heterocycles. The van der Waals surface area contributed by atoms with Crippen LogP contribution < -0.4 is 0 Å². The number of aromatic nitrogens is 3. The van der Waals surface area contributed by atoms with E-state index in [1.165, 1.54) is 5.56 Å². The van der Waals surface area contributed by atoms with E-state index in [0.717, 1.165) is 34.8 Å². The highest BCUT2D eigenvalue weighted by molar-refractivity contribution is 5.77. The molecule has 0 amide bonds. The summed E-state index contributed by atoms with van der Waals surface area (Å²) in [6.45, 7) is 6.23. The van der Waals surface area contributed by atoms with Gasteiger partial charge in [0.05, 0.1) is 0 Å². The number of fused-ring (bicyclic) bond motifs is 1. The van der Waals surface area contributed by atoms with Crippen molar-refractivity contribution in [3.05, 3.63) is 53.5 Å². The standard InChI is InChI=1S/C16H16N3/c1-4-14-18-15-11(2)10-12(3)17-16(15)19(14)13-8-6-5-7-9-13/h5-6,8-10H,4H2,1-3H3. The topological polar surface area (TPSA) is 30.7 Å². The van der Waals surface area contributed by atoms with Gasteiger partial charge in [-0.3, -0.25) is 4.57 Å². The van der Waals surface area contributed by atoms with Gasteiger partial charge in [0, 0.05) is 17.8 Å². The highest BCUT2D eigenvalue weighted by atomic mass is 15.1. The molecule has 2 aromatic heterocycles. The van der Waals surface area contributed by atoms with E-state index in [1.54, 1.807) is 0 Å². The maximum atomic E-state index is 4.73. The minimum absolute atomic E-state index is 0.879. The number of hydrogen-bond donors (Lipinski definition) is 0. The van der Waals surface area contributed by atoms with Crippen LogP contribution in [-0.4, -0.2) is 14.5 Å². The van der Waals surface area contributed by atoms with Crippen molar-refractivity contribution in [3.63, 3.8) is 0 Å². The molecule has 0 aliphatic rings. The van der Waals surface area contributed by atoms with Gasteiger partial charge < -0.3 is 0 Å². The summed E-state index contributed by atoms with van der Waals surface area (Å²) in [5.74, 6) is 1.04. The molecule has 3 rings (SSSR count). The van der Waals surface area contributed by atoms with Crippen LogP contribution >= 0.6 is 0 Å². The van der Waals surface area contributed by atoms with Gasteiger partial charge in [0.25, 0.3) is 0 Å². The lowest BCUT2D eigenvalue weighted by Crippen LogP contribution is -2.01.